The predicted molar refractivity (Wildman–Crippen MR) is 138 cm³/mol. The number of nitrogens with zero attached hydrogens (tertiary/aromatic N) is 1. The average Bonchev–Trinajstić information content (AvgIpc) is 2.88. The summed E-state index contributed by atoms with van der Waals surface area (Å²) in [5.41, 5.74) is 3.81. The molecule has 0 atom stereocenters. The lowest BCUT2D eigenvalue weighted by atomic mass is 10.1. The van der Waals surface area contributed by atoms with E-state index in [0.29, 0.717) is 44.2 Å². The van der Waals surface area contributed by atoms with Crippen molar-refractivity contribution in [2.24, 2.45) is 5.10 Å². The molecule has 0 saturated carbocycles. The van der Waals surface area contributed by atoms with Crippen molar-refractivity contribution >= 4 is 46.9 Å². The third-order valence-corrected chi connectivity index (χ3v) is 5.35. The molecule has 3 aromatic carbocycles. The molecule has 188 valence electrons. The summed E-state index contributed by atoms with van der Waals surface area (Å²) in [6.45, 7) is 0.156. The lowest BCUT2D eigenvalue weighted by Crippen LogP contribution is -2.32. The van der Waals surface area contributed by atoms with Crippen molar-refractivity contribution in [3.05, 3.63) is 75.8 Å². The van der Waals surface area contributed by atoms with E-state index in [9.17, 15) is 9.59 Å². The minimum Gasteiger partial charge on any atom is -0.497 e. The summed E-state index contributed by atoms with van der Waals surface area (Å²) in [5.74, 6) is 0.0180. The van der Waals surface area contributed by atoms with Crippen LogP contribution in [0.25, 0.3) is 0 Å². The Morgan fingerprint density at radius 2 is 1.58 bits per heavy atom. The van der Waals surface area contributed by atoms with Gasteiger partial charge >= 0.3 is 11.8 Å². The fourth-order valence-electron chi connectivity index (χ4n) is 3.05. The summed E-state index contributed by atoms with van der Waals surface area (Å²) in [7, 11) is 4.47. The first kappa shape index (κ1) is 26.7. The van der Waals surface area contributed by atoms with E-state index in [4.69, 9.17) is 42.1 Å². The van der Waals surface area contributed by atoms with Crippen LogP contribution in [0.1, 0.15) is 11.1 Å². The summed E-state index contributed by atoms with van der Waals surface area (Å²) in [4.78, 5) is 24.5. The lowest BCUT2D eigenvalue weighted by molar-refractivity contribution is -0.136. The van der Waals surface area contributed by atoms with E-state index in [0.717, 1.165) is 0 Å². The molecule has 0 radical (unpaired) electrons. The van der Waals surface area contributed by atoms with Crippen LogP contribution in [0.4, 0.5) is 5.69 Å². The lowest BCUT2D eigenvalue weighted by Gasteiger charge is -2.12. The number of nitrogens with one attached hydrogen (secondary N) is 2. The van der Waals surface area contributed by atoms with Crippen LogP contribution < -0.4 is 29.7 Å². The van der Waals surface area contributed by atoms with Crippen molar-refractivity contribution in [2.75, 3.05) is 26.6 Å². The van der Waals surface area contributed by atoms with Gasteiger partial charge in [0, 0.05) is 16.7 Å². The summed E-state index contributed by atoms with van der Waals surface area (Å²) in [6, 6.07) is 15.0. The van der Waals surface area contributed by atoms with Crippen molar-refractivity contribution in [3.63, 3.8) is 0 Å². The third-order valence-electron chi connectivity index (χ3n) is 4.82. The highest BCUT2D eigenvalue weighted by molar-refractivity contribution is 6.39. The Bertz CT molecular complexity index is 1280. The number of amides is 2. The van der Waals surface area contributed by atoms with Gasteiger partial charge in [-0.1, -0.05) is 23.2 Å². The van der Waals surface area contributed by atoms with Gasteiger partial charge in [-0.15, -0.1) is 0 Å². The molecule has 3 rings (SSSR count). The number of benzene rings is 3. The SMILES string of the molecule is COc1ccc(OC)c(NC(=O)C(=O)N/N=C/c2ccc(OC)c(COc3ccc(Cl)cc3Cl)c2)c1. The summed E-state index contributed by atoms with van der Waals surface area (Å²) in [6.07, 6.45) is 1.38. The number of hydrogen-bond donors (Lipinski definition) is 2. The smallest absolute Gasteiger partial charge is 0.329 e. The number of methoxy groups -OCH3 is 3. The number of carbonyl (C=O) groups is 2. The quantitative estimate of drug-likeness (QED) is 0.235. The first-order valence-corrected chi connectivity index (χ1v) is 11.2. The molecule has 36 heavy (non-hydrogen) atoms. The van der Waals surface area contributed by atoms with Crippen LogP contribution in [0, 0.1) is 0 Å². The molecule has 0 aliphatic carbocycles. The Morgan fingerprint density at radius 1 is 0.861 bits per heavy atom. The van der Waals surface area contributed by atoms with Gasteiger partial charge in [0.25, 0.3) is 0 Å². The number of carbonyl (C=O) groups excluding carboxylic acids is 2. The van der Waals surface area contributed by atoms with Gasteiger partial charge in [-0.3, -0.25) is 9.59 Å². The van der Waals surface area contributed by atoms with Crippen LogP contribution in [0.2, 0.25) is 10.0 Å². The normalized spacial score (nSPS) is 10.6. The van der Waals surface area contributed by atoms with Gasteiger partial charge in [0.15, 0.2) is 0 Å². The van der Waals surface area contributed by atoms with Crippen molar-refractivity contribution < 1.29 is 28.5 Å². The highest BCUT2D eigenvalue weighted by Crippen LogP contribution is 2.30. The van der Waals surface area contributed by atoms with Crippen molar-refractivity contribution in [1.82, 2.24) is 5.43 Å². The molecular weight excluding hydrogens is 509 g/mol. The number of hydrogen-bond acceptors (Lipinski definition) is 7. The summed E-state index contributed by atoms with van der Waals surface area (Å²) in [5, 5.41) is 7.21. The van der Waals surface area contributed by atoms with Gasteiger partial charge < -0.3 is 24.3 Å². The van der Waals surface area contributed by atoms with Crippen molar-refractivity contribution in [3.8, 4) is 23.0 Å². The topological polar surface area (TPSA) is 107 Å². The molecule has 0 fully saturated rings. The van der Waals surface area contributed by atoms with Crippen LogP contribution in [0.3, 0.4) is 0 Å². The summed E-state index contributed by atoms with van der Waals surface area (Å²) >= 11 is 12.1. The number of anilines is 1. The first-order valence-electron chi connectivity index (χ1n) is 10.5. The second-order valence-corrected chi connectivity index (χ2v) is 8.00. The largest absolute Gasteiger partial charge is 0.497 e. The Labute approximate surface area is 217 Å². The molecule has 2 N–H and O–H groups in total. The van der Waals surface area contributed by atoms with Crippen LogP contribution in [-0.4, -0.2) is 39.4 Å². The van der Waals surface area contributed by atoms with E-state index in [1.807, 2.05) is 0 Å². The summed E-state index contributed by atoms with van der Waals surface area (Å²) < 4.78 is 21.5. The van der Waals surface area contributed by atoms with Crippen LogP contribution in [-0.2, 0) is 16.2 Å². The molecule has 0 saturated heterocycles. The van der Waals surface area contributed by atoms with Crippen molar-refractivity contribution in [2.45, 2.75) is 6.61 Å². The van der Waals surface area contributed by atoms with Gasteiger partial charge in [0.05, 0.1) is 38.3 Å². The monoisotopic (exact) mass is 531 g/mol. The zero-order chi connectivity index (χ0) is 26.1. The third kappa shape index (κ3) is 7.03. The minimum atomic E-state index is -0.967. The maximum Gasteiger partial charge on any atom is 0.329 e. The second kappa shape index (κ2) is 12.7. The van der Waals surface area contributed by atoms with E-state index in [2.05, 4.69) is 15.8 Å². The van der Waals surface area contributed by atoms with Crippen molar-refractivity contribution in [1.29, 1.82) is 0 Å². The molecule has 2 amide bonds. The molecular formula is C25H23Cl2N3O6. The zero-order valence-corrected chi connectivity index (χ0v) is 21.1. The van der Waals surface area contributed by atoms with E-state index in [1.165, 1.54) is 33.6 Å². The molecule has 0 aromatic heterocycles. The molecule has 9 nitrogen and oxygen atoms in total. The van der Waals surface area contributed by atoms with Gasteiger partial charge in [-0.25, -0.2) is 5.43 Å². The molecule has 0 bridgehead atoms. The number of ether oxygens (including phenoxy) is 4. The fraction of sp³-hybridized carbons (Fsp3) is 0.160. The van der Waals surface area contributed by atoms with E-state index < -0.39 is 11.8 Å². The Morgan fingerprint density at radius 3 is 2.28 bits per heavy atom. The van der Waals surface area contributed by atoms with E-state index in [1.54, 1.807) is 48.5 Å². The number of halogens is 2. The van der Waals surface area contributed by atoms with Crippen LogP contribution in [0.5, 0.6) is 23.0 Å². The fourth-order valence-corrected chi connectivity index (χ4v) is 3.51. The minimum absolute atomic E-state index is 0.156. The predicted octanol–water partition coefficient (Wildman–Crippen LogP) is 4.69. The van der Waals surface area contributed by atoms with Crippen LogP contribution in [0.15, 0.2) is 59.7 Å². The maximum atomic E-state index is 12.3. The van der Waals surface area contributed by atoms with Gasteiger partial charge in [-0.05, 0) is 54.1 Å². The number of rotatable bonds is 9. The highest BCUT2D eigenvalue weighted by atomic mass is 35.5. The molecule has 0 heterocycles. The van der Waals surface area contributed by atoms with Gasteiger partial charge in [0.1, 0.15) is 29.6 Å². The first-order chi connectivity index (χ1) is 17.3. The Kier molecular flexibility index (Phi) is 9.38. The molecule has 0 spiro atoms. The number of hydrazone groups is 1. The second-order valence-electron chi connectivity index (χ2n) is 7.15. The Hall–Kier alpha value is -3.95. The molecule has 0 unspecified atom stereocenters. The van der Waals surface area contributed by atoms with Gasteiger partial charge in [0.2, 0.25) is 0 Å². The van der Waals surface area contributed by atoms with Crippen LogP contribution >= 0.6 is 23.2 Å². The van der Waals surface area contributed by atoms with Gasteiger partial charge in [-0.2, -0.15) is 5.10 Å². The molecule has 11 heteroatoms. The Balaban J connectivity index is 1.64. The average molecular weight is 532 g/mol. The highest BCUT2D eigenvalue weighted by Gasteiger charge is 2.16. The molecule has 0 aliphatic heterocycles. The molecule has 0 aliphatic rings. The molecule has 3 aromatic rings. The zero-order valence-electron chi connectivity index (χ0n) is 19.6. The standard InChI is InChI=1S/C25H23Cl2N3O6/c1-33-18-6-9-23(35-3)20(12-18)29-24(31)25(32)30-28-13-15-4-7-21(34-2)16(10-15)14-36-22-8-5-17(26)11-19(22)27/h4-13H,14H2,1-3H3,(H,29,31)(H,30,32)/b28-13+. The van der Waals surface area contributed by atoms with E-state index >= 15 is 0 Å². The van der Waals surface area contributed by atoms with E-state index in [-0.39, 0.29) is 12.3 Å². The maximum absolute atomic E-state index is 12.3.